The summed E-state index contributed by atoms with van der Waals surface area (Å²) in [6.07, 6.45) is 1.28. The summed E-state index contributed by atoms with van der Waals surface area (Å²) in [5.41, 5.74) is 2.00. The van der Waals surface area contributed by atoms with Crippen molar-refractivity contribution in [2.75, 3.05) is 11.1 Å². The Hall–Kier alpha value is -1.81. The van der Waals surface area contributed by atoms with Crippen molar-refractivity contribution in [1.82, 2.24) is 0 Å². The summed E-state index contributed by atoms with van der Waals surface area (Å²) < 4.78 is 12.8. The number of nitrogens with one attached hydrogen (secondary N) is 1. The van der Waals surface area contributed by atoms with E-state index in [1.165, 1.54) is 17.7 Å². The smallest absolute Gasteiger partial charge is 0.224 e. The fourth-order valence-electron chi connectivity index (χ4n) is 1.81. The summed E-state index contributed by atoms with van der Waals surface area (Å²) in [5.74, 6) is 0.642. The molecule has 0 saturated carbocycles. The van der Waals surface area contributed by atoms with E-state index in [1.54, 1.807) is 23.9 Å². The number of benzene rings is 2. The van der Waals surface area contributed by atoms with Crippen LogP contribution in [-0.2, 0) is 4.79 Å². The molecule has 110 valence electrons. The Kier molecular flexibility index (Phi) is 5.81. The predicted octanol–water partition coefficient (Wildman–Crippen LogP) is 4.65. The van der Waals surface area contributed by atoms with Gasteiger partial charge in [-0.25, -0.2) is 4.39 Å². The Labute approximate surface area is 128 Å². The molecule has 2 aromatic carbocycles. The molecule has 2 rings (SSSR count). The summed E-state index contributed by atoms with van der Waals surface area (Å²) in [4.78, 5) is 12.8. The molecular formula is C17H18FNOS. The molecule has 0 bridgehead atoms. The number of carbonyl (C=O) groups is 1. The maximum Gasteiger partial charge on any atom is 0.224 e. The fraction of sp³-hybridized carbons (Fsp3) is 0.235. The van der Waals surface area contributed by atoms with Gasteiger partial charge in [0.1, 0.15) is 5.82 Å². The minimum atomic E-state index is -0.225. The predicted molar refractivity (Wildman–Crippen MR) is 86.2 cm³/mol. The average molecular weight is 303 g/mol. The molecule has 0 aliphatic carbocycles. The molecule has 1 N–H and O–H groups in total. The summed E-state index contributed by atoms with van der Waals surface area (Å²) in [5, 5.41) is 2.88. The molecule has 0 fully saturated rings. The number of aryl methyl sites for hydroxylation is 1. The van der Waals surface area contributed by atoms with E-state index in [4.69, 9.17) is 0 Å². The summed E-state index contributed by atoms with van der Waals surface area (Å²) in [7, 11) is 0. The monoisotopic (exact) mass is 303 g/mol. The SMILES string of the molecule is Cc1ccc(NC(=O)CCCSc2ccc(F)cc2)cc1. The molecule has 0 unspecified atom stereocenters. The lowest BCUT2D eigenvalue weighted by Crippen LogP contribution is -2.11. The highest BCUT2D eigenvalue weighted by atomic mass is 32.2. The van der Waals surface area contributed by atoms with Crippen LogP contribution in [0.25, 0.3) is 0 Å². The number of thioether (sulfide) groups is 1. The zero-order valence-corrected chi connectivity index (χ0v) is 12.8. The van der Waals surface area contributed by atoms with E-state index in [-0.39, 0.29) is 11.7 Å². The lowest BCUT2D eigenvalue weighted by atomic mass is 10.2. The highest BCUT2D eigenvalue weighted by Crippen LogP contribution is 2.19. The third kappa shape index (κ3) is 5.60. The lowest BCUT2D eigenvalue weighted by Gasteiger charge is -2.05. The van der Waals surface area contributed by atoms with Gasteiger partial charge in [0.15, 0.2) is 0 Å². The third-order valence-corrected chi connectivity index (χ3v) is 4.06. The van der Waals surface area contributed by atoms with E-state index in [1.807, 2.05) is 31.2 Å². The Morgan fingerprint density at radius 2 is 1.76 bits per heavy atom. The van der Waals surface area contributed by atoms with Crippen molar-refractivity contribution in [3.63, 3.8) is 0 Å². The molecule has 1 amide bonds. The lowest BCUT2D eigenvalue weighted by molar-refractivity contribution is -0.116. The van der Waals surface area contributed by atoms with Gasteiger partial charge >= 0.3 is 0 Å². The number of hydrogen-bond donors (Lipinski definition) is 1. The highest BCUT2D eigenvalue weighted by molar-refractivity contribution is 7.99. The van der Waals surface area contributed by atoms with Crippen LogP contribution in [0.15, 0.2) is 53.4 Å². The largest absolute Gasteiger partial charge is 0.326 e. The molecular weight excluding hydrogens is 285 g/mol. The van der Waals surface area contributed by atoms with E-state index in [0.717, 1.165) is 22.8 Å². The molecule has 0 aliphatic rings. The van der Waals surface area contributed by atoms with Crippen LogP contribution >= 0.6 is 11.8 Å². The van der Waals surface area contributed by atoms with Gasteiger partial charge in [-0.2, -0.15) is 0 Å². The molecule has 0 spiro atoms. The standard InChI is InChI=1S/C17H18FNOS/c1-13-4-8-15(9-5-13)19-17(20)3-2-12-21-16-10-6-14(18)7-11-16/h4-11H,2-3,12H2,1H3,(H,19,20). The first-order chi connectivity index (χ1) is 10.1. The van der Waals surface area contributed by atoms with Crippen LogP contribution in [0.5, 0.6) is 0 Å². The number of amides is 1. The zero-order valence-electron chi connectivity index (χ0n) is 11.9. The molecule has 0 saturated heterocycles. The summed E-state index contributed by atoms with van der Waals surface area (Å²) in [6.45, 7) is 2.01. The zero-order chi connectivity index (χ0) is 15.1. The normalized spacial score (nSPS) is 10.4. The van der Waals surface area contributed by atoms with Crippen molar-refractivity contribution in [3.8, 4) is 0 Å². The van der Waals surface area contributed by atoms with Crippen LogP contribution in [0.4, 0.5) is 10.1 Å². The first-order valence-corrected chi connectivity index (χ1v) is 7.87. The van der Waals surface area contributed by atoms with Gasteiger partial charge in [0.25, 0.3) is 0 Å². The quantitative estimate of drug-likeness (QED) is 0.622. The number of rotatable bonds is 6. The number of anilines is 1. The van der Waals surface area contributed by atoms with Crippen LogP contribution in [0.1, 0.15) is 18.4 Å². The molecule has 0 heterocycles. The molecule has 21 heavy (non-hydrogen) atoms. The molecule has 2 nitrogen and oxygen atoms in total. The number of carbonyl (C=O) groups excluding carboxylic acids is 1. The van der Waals surface area contributed by atoms with Gasteiger partial charge in [0, 0.05) is 17.0 Å². The molecule has 0 aliphatic heterocycles. The van der Waals surface area contributed by atoms with Gasteiger partial charge < -0.3 is 5.32 Å². The van der Waals surface area contributed by atoms with Crippen LogP contribution in [-0.4, -0.2) is 11.7 Å². The highest BCUT2D eigenvalue weighted by Gasteiger charge is 2.02. The minimum Gasteiger partial charge on any atom is -0.326 e. The van der Waals surface area contributed by atoms with Gasteiger partial charge in [-0.1, -0.05) is 17.7 Å². The molecule has 0 atom stereocenters. The van der Waals surface area contributed by atoms with Crippen molar-refractivity contribution < 1.29 is 9.18 Å². The summed E-state index contributed by atoms with van der Waals surface area (Å²) in [6, 6.07) is 14.2. The van der Waals surface area contributed by atoms with E-state index in [9.17, 15) is 9.18 Å². The van der Waals surface area contributed by atoms with Crippen molar-refractivity contribution in [2.45, 2.75) is 24.7 Å². The van der Waals surface area contributed by atoms with Gasteiger partial charge in [0.05, 0.1) is 0 Å². The topological polar surface area (TPSA) is 29.1 Å². The first kappa shape index (κ1) is 15.6. The van der Waals surface area contributed by atoms with E-state index < -0.39 is 0 Å². The maximum absolute atomic E-state index is 12.8. The van der Waals surface area contributed by atoms with Crippen LogP contribution in [0.3, 0.4) is 0 Å². The molecule has 4 heteroatoms. The summed E-state index contributed by atoms with van der Waals surface area (Å²) >= 11 is 1.63. The Morgan fingerprint density at radius 3 is 2.43 bits per heavy atom. The molecule has 0 radical (unpaired) electrons. The second-order valence-corrected chi connectivity index (χ2v) is 5.99. The van der Waals surface area contributed by atoms with Crippen LogP contribution < -0.4 is 5.32 Å². The Balaban J connectivity index is 1.67. The molecule has 2 aromatic rings. The van der Waals surface area contributed by atoms with Crippen LogP contribution in [0, 0.1) is 12.7 Å². The van der Waals surface area contributed by atoms with Gasteiger partial charge in [-0.05, 0) is 55.5 Å². The third-order valence-electron chi connectivity index (χ3n) is 2.97. The van der Waals surface area contributed by atoms with Crippen molar-refractivity contribution in [2.24, 2.45) is 0 Å². The second kappa shape index (κ2) is 7.84. The second-order valence-electron chi connectivity index (χ2n) is 4.82. The Bertz CT molecular complexity index is 581. The van der Waals surface area contributed by atoms with E-state index in [2.05, 4.69) is 5.32 Å². The van der Waals surface area contributed by atoms with Gasteiger partial charge in [-0.3, -0.25) is 4.79 Å². The van der Waals surface area contributed by atoms with Gasteiger partial charge in [0.2, 0.25) is 5.91 Å². The van der Waals surface area contributed by atoms with E-state index >= 15 is 0 Å². The molecule has 0 aromatic heterocycles. The van der Waals surface area contributed by atoms with Crippen LogP contribution in [0.2, 0.25) is 0 Å². The average Bonchev–Trinajstić information content (AvgIpc) is 2.48. The number of hydrogen-bond acceptors (Lipinski definition) is 2. The fourth-order valence-corrected chi connectivity index (χ4v) is 2.67. The first-order valence-electron chi connectivity index (χ1n) is 6.88. The maximum atomic E-state index is 12.8. The van der Waals surface area contributed by atoms with E-state index in [0.29, 0.717) is 6.42 Å². The number of halogens is 1. The Morgan fingerprint density at radius 1 is 1.10 bits per heavy atom. The van der Waals surface area contributed by atoms with Crippen molar-refractivity contribution in [3.05, 3.63) is 59.9 Å². The minimum absolute atomic E-state index is 0.0264. The van der Waals surface area contributed by atoms with Crippen molar-refractivity contribution in [1.29, 1.82) is 0 Å². The van der Waals surface area contributed by atoms with Crippen molar-refractivity contribution >= 4 is 23.4 Å². The van der Waals surface area contributed by atoms with Gasteiger partial charge in [-0.15, -0.1) is 11.8 Å².